The zero-order valence-corrected chi connectivity index (χ0v) is 9.23. The molecule has 82 valence electrons. The Bertz CT molecular complexity index is 352. The van der Waals surface area contributed by atoms with Gasteiger partial charge in [0, 0.05) is 0 Å². The van der Waals surface area contributed by atoms with E-state index < -0.39 is 0 Å². The molecule has 0 amide bonds. The molecule has 0 spiro atoms. The van der Waals surface area contributed by atoms with E-state index in [0.29, 0.717) is 18.4 Å². The van der Waals surface area contributed by atoms with Gasteiger partial charge in [0.05, 0.1) is 18.7 Å². The van der Waals surface area contributed by atoms with Crippen molar-refractivity contribution in [3.8, 4) is 17.8 Å². The molecule has 0 unspecified atom stereocenters. The second kappa shape index (κ2) is 5.25. The number of ether oxygens (including phenoxy) is 2. The van der Waals surface area contributed by atoms with Gasteiger partial charge in [0.15, 0.2) is 6.61 Å². The fourth-order valence-corrected chi connectivity index (χ4v) is 1.16. The Balaban J connectivity index is 2.86. The molecule has 0 bridgehead atoms. The van der Waals surface area contributed by atoms with E-state index in [4.69, 9.17) is 14.7 Å². The molecule has 1 aromatic heterocycles. The Labute approximate surface area is 89.2 Å². The third-order valence-corrected chi connectivity index (χ3v) is 1.75. The third-order valence-electron chi connectivity index (χ3n) is 1.75. The first kappa shape index (κ1) is 11.4. The Morgan fingerprint density at radius 3 is 2.80 bits per heavy atom. The maximum Gasteiger partial charge on any atom is 0.236 e. The molecule has 0 aliphatic carbocycles. The molecule has 0 aromatic carbocycles. The highest BCUT2D eigenvalue weighted by atomic mass is 16.5. The van der Waals surface area contributed by atoms with Crippen molar-refractivity contribution in [1.82, 2.24) is 9.78 Å². The second-order valence-corrected chi connectivity index (χ2v) is 3.24. The first-order chi connectivity index (χ1) is 7.19. The molecule has 0 radical (unpaired) electrons. The Hall–Kier alpha value is -1.70. The number of nitriles is 1. The summed E-state index contributed by atoms with van der Waals surface area (Å²) in [6.07, 6.45) is 0. The molecule has 0 aliphatic rings. The first-order valence-corrected chi connectivity index (χ1v) is 4.91. The lowest BCUT2D eigenvalue weighted by molar-refractivity contribution is 0.304. The van der Waals surface area contributed by atoms with E-state index in [9.17, 15) is 0 Å². The molecule has 0 saturated carbocycles. The van der Waals surface area contributed by atoms with Crippen LogP contribution in [0.5, 0.6) is 11.8 Å². The lowest BCUT2D eigenvalue weighted by atomic mass is 10.4. The second-order valence-electron chi connectivity index (χ2n) is 3.24. The highest BCUT2D eigenvalue weighted by molar-refractivity contribution is 5.21. The van der Waals surface area contributed by atoms with Gasteiger partial charge in [-0.2, -0.15) is 5.26 Å². The van der Waals surface area contributed by atoms with Crippen LogP contribution in [0, 0.1) is 11.3 Å². The summed E-state index contributed by atoms with van der Waals surface area (Å²) in [6, 6.07) is 3.79. The topological polar surface area (TPSA) is 60.1 Å². The zero-order valence-electron chi connectivity index (χ0n) is 9.23. The summed E-state index contributed by atoms with van der Waals surface area (Å²) >= 11 is 0. The van der Waals surface area contributed by atoms with Crippen LogP contribution >= 0.6 is 0 Å². The van der Waals surface area contributed by atoms with Crippen LogP contribution < -0.4 is 9.47 Å². The van der Waals surface area contributed by atoms with Crippen LogP contribution in [0.1, 0.15) is 26.8 Å². The molecule has 0 saturated heterocycles. The number of nitrogens with zero attached hydrogens (tertiary/aromatic N) is 3. The molecule has 1 heterocycles. The van der Waals surface area contributed by atoms with Gasteiger partial charge in [0.2, 0.25) is 11.8 Å². The van der Waals surface area contributed by atoms with Gasteiger partial charge in [-0.25, -0.2) is 4.68 Å². The summed E-state index contributed by atoms with van der Waals surface area (Å²) in [6.45, 7) is 6.45. The fraction of sp³-hybridized carbons (Fsp3) is 0.600. The standard InChI is InChI=1S/C10H15N3O2/c1-4-14-9-7-10(15-6-5-11)13(12-9)8(2)3/h7-8H,4,6H2,1-3H3. The lowest BCUT2D eigenvalue weighted by Crippen LogP contribution is -2.07. The normalized spacial score (nSPS) is 10.1. The fourth-order valence-electron chi connectivity index (χ4n) is 1.16. The predicted molar refractivity (Wildman–Crippen MR) is 54.9 cm³/mol. The number of hydrogen-bond donors (Lipinski definition) is 0. The summed E-state index contributed by atoms with van der Waals surface area (Å²) < 4.78 is 12.2. The summed E-state index contributed by atoms with van der Waals surface area (Å²) in [5.74, 6) is 1.09. The van der Waals surface area contributed by atoms with Crippen LogP contribution in [0.3, 0.4) is 0 Å². The predicted octanol–water partition coefficient (Wildman–Crippen LogP) is 1.77. The van der Waals surface area contributed by atoms with Gasteiger partial charge in [-0.05, 0) is 20.8 Å². The molecule has 1 aromatic rings. The van der Waals surface area contributed by atoms with Gasteiger partial charge in [-0.3, -0.25) is 0 Å². The molecule has 5 nitrogen and oxygen atoms in total. The van der Waals surface area contributed by atoms with Crippen molar-refractivity contribution in [2.75, 3.05) is 13.2 Å². The van der Waals surface area contributed by atoms with E-state index in [1.54, 1.807) is 10.7 Å². The van der Waals surface area contributed by atoms with Gasteiger partial charge in [-0.15, -0.1) is 5.10 Å². The maximum absolute atomic E-state index is 8.43. The third kappa shape index (κ3) is 2.88. The van der Waals surface area contributed by atoms with Crippen LogP contribution in [0.15, 0.2) is 6.07 Å². The van der Waals surface area contributed by atoms with Crippen molar-refractivity contribution >= 4 is 0 Å². The van der Waals surface area contributed by atoms with Gasteiger partial charge >= 0.3 is 0 Å². The Morgan fingerprint density at radius 2 is 2.27 bits per heavy atom. The highest BCUT2D eigenvalue weighted by Gasteiger charge is 2.11. The van der Waals surface area contributed by atoms with Crippen molar-refractivity contribution in [2.24, 2.45) is 0 Å². The Morgan fingerprint density at radius 1 is 1.53 bits per heavy atom. The molecule has 0 atom stereocenters. The smallest absolute Gasteiger partial charge is 0.236 e. The van der Waals surface area contributed by atoms with Gasteiger partial charge in [-0.1, -0.05) is 0 Å². The van der Waals surface area contributed by atoms with E-state index in [0.717, 1.165) is 0 Å². The largest absolute Gasteiger partial charge is 0.477 e. The van der Waals surface area contributed by atoms with E-state index in [2.05, 4.69) is 5.10 Å². The molecule has 0 N–H and O–H groups in total. The number of aromatic nitrogens is 2. The quantitative estimate of drug-likeness (QED) is 0.741. The van der Waals surface area contributed by atoms with Crippen molar-refractivity contribution in [3.63, 3.8) is 0 Å². The molecule has 0 fully saturated rings. The SMILES string of the molecule is CCOc1cc(OCC#N)n(C(C)C)n1. The average molecular weight is 209 g/mol. The summed E-state index contributed by atoms with van der Waals surface area (Å²) in [5.41, 5.74) is 0. The molecule has 5 heteroatoms. The molecule has 0 aliphatic heterocycles. The van der Waals surface area contributed by atoms with E-state index in [1.165, 1.54) is 0 Å². The van der Waals surface area contributed by atoms with Crippen molar-refractivity contribution in [3.05, 3.63) is 6.07 Å². The summed E-state index contributed by atoms with van der Waals surface area (Å²) in [7, 11) is 0. The zero-order chi connectivity index (χ0) is 11.3. The van der Waals surface area contributed by atoms with E-state index in [-0.39, 0.29) is 12.6 Å². The van der Waals surface area contributed by atoms with Crippen molar-refractivity contribution in [2.45, 2.75) is 26.8 Å². The first-order valence-electron chi connectivity index (χ1n) is 4.91. The van der Waals surface area contributed by atoms with Crippen LogP contribution in [0.25, 0.3) is 0 Å². The van der Waals surface area contributed by atoms with E-state index >= 15 is 0 Å². The lowest BCUT2D eigenvalue weighted by Gasteiger charge is -2.08. The summed E-state index contributed by atoms with van der Waals surface area (Å²) in [4.78, 5) is 0. The van der Waals surface area contributed by atoms with Crippen molar-refractivity contribution < 1.29 is 9.47 Å². The van der Waals surface area contributed by atoms with E-state index in [1.807, 2.05) is 26.8 Å². The monoisotopic (exact) mass is 209 g/mol. The minimum absolute atomic E-state index is 0.0178. The number of rotatable bonds is 5. The molecule has 1 rings (SSSR count). The van der Waals surface area contributed by atoms with Crippen LogP contribution in [-0.2, 0) is 0 Å². The molecule has 15 heavy (non-hydrogen) atoms. The minimum Gasteiger partial charge on any atom is -0.477 e. The van der Waals surface area contributed by atoms with Crippen LogP contribution in [0.4, 0.5) is 0 Å². The number of hydrogen-bond acceptors (Lipinski definition) is 4. The highest BCUT2D eigenvalue weighted by Crippen LogP contribution is 2.22. The van der Waals surface area contributed by atoms with Gasteiger partial charge < -0.3 is 9.47 Å². The average Bonchev–Trinajstić information content (AvgIpc) is 2.59. The minimum atomic E-state index is 0.0178. The van der Waals surface area contributed by atoms with Gasteiger partial charge in [0.25, 0.3) is 0 Å². The molecular formula is C10H15N3O2. The Kier molecular flexibility index (Phi) is 3.98. The maximum atomic E-state index is 8.43. The van der Waals surface area contributed by atoms with Gasteiger partial charge in [0.1, 0.15) is 6.07 Å². The summed E-state index contributed by atoms with van der Waals surface area (Å²) in [5, 5.41) is 12.6. The molecular weight excluding hydrogens is 194 g/mol. The van der Waals surface area contributed by atoms with Crippen LogP contribution in [0.2, 0.25) is 0 Å². The van der Waals surface area contributed by atoms with Crippen molar-refractivity contribution in [1.29, 1.82) is 5.26 Å². The van der Waals surface area contributed by atoms with Crippen LogP contribution in [-0.4, -0.2) is 23.0 Å².